The molecule has 0 radical (unpaired) electrons. The molecule has 2 aromatic carbocycles. The van der Waals surface area contributed by atoms with E-state index in [1.807, 2.05) is 6.07 Å². The highest BCUT2D eigenvalue weighted by molar-refractivity contribution is 6.11. The third kappa shape index (κ3) is 3.03. The second kappa shape index (κ2) is 7.28. The molecule has 3 amide bonds. The number of rotatable bonds is 3. The molecule has 6 nitrogen and oxygen atoms in total. The smallest absolute Gasteiger partial charge is 0.329 e. The van der Waals surface area contributed by atoms with Gasteiger partial charge in [0.05, 0.1) is 5.69 Å². The van der Waals surface area contributed by atoms with Gasteiger partial charge in [-0.1, -0.05) is 56.2 Å². The zero-order chi connectivity index (χ0) is 19.7. The topological polar surface area (TPSA) is 81.7 Å². The van der Waals surface area contributed by atoms with Crippen LogP contribution in [0.1, 0.15) is 38.2 Å². The number of amides is 3. The van der Waals surface area contributed by atoms with E-state index in [1.165, 1.54) is 0 Å². The molecule has 1 fully saturated rings. The zero-order valence-corrected chi connectivity index (χ0v) is 15.9. The zero-order valence-electron chi connectivity index (χ0n) is 15.9. The Bertz CT molecular complexity index is 886. The molecule has 1 heterocycles. The summed E-state index contributed by atoms with van der Waals surface area (Å²) in [7, 11) is 0. The predicted molar refractivity (Wildman–Crippen MR) is 108 cm³/mol. The first-order valence-corrected chi connectivity index (χ1v) is 9.81. The number of aliphatic hydroxyl groups is 1. The third-order valence-corrected chi connectivity index (χ3v) is 5.83. The number of fused-ring (bicyclic) bond motifs is 1. The summed E-state index contributed by atoms with van der Waals surface area (Å²) >= 11 is 0. The molecule has 3 atom stereocenters. The van der Waals surface area contributed by atoms with Crippen molar-refractivity contribution in [3.8, 4) is 0 Å². The van der Waals surface area contributed by atoms with Crippen molar-refractivity contribution in [2.24, 2.45) is 5.92 Å². The largest absolute Gasteiger partial charge is 0.359 e. The fourth-order valence-corrected chi connectivity index (χ4v) is 4.24. The van der Waals surface area contributed by atoms with E-state index in [4.69, 9.17) is 0 Å². The maximum Gasteiger partial charge on any atom is 0.329 e. The van der Waals surface area contributed by atoms with E-state index in [1.54, 1.807) is 48.5 Å². The lowest BCUT2D eigenvalue weighted by Gasteiger charge is -2.43. The van der Waals surface area contributed by atoms with Gasteiger partial charge in [0, 0.05) is 17.3 Å². The summed E-state index contributed by atoms with van der Waals surface area (Å²) in [6, 6.07) is 15.1. The van der Waals surface area contributed by atoms with Gasteiger partial charge in [0.15, 0.2) is 0 Å². The van der Waals surface area contributed by atoms with Crippen molar-refractivity contribution >= 4 is 23.3 Å². The molecular formula is C22H25N3O3. The number of hydrogen-bond donors (Lipinski definition) is 3. The van der Waals surface area contributed by atoms with Gasteiger partial charge in [0.25, 0.3) is 11.6 Å². The molecule has 3 N–H and O–H groups in total. The van der Waals surface area contributed by atoms with Crippen LogP contribution in [0.3, 0.4) is 0 Å². The van der Waals surface area contributed by atoms with E-state index >= 15 is 0 Å². The van der Waals surface area contributed by atoms with Gasteiger partial charge >= 0.3 is 6.03 Å². The standard InChI is InChI=1S/C22H25N3O3/c1-15-9-5-7-13-18(15)23-20(26)22(28)17-12-6-8-14-19(17)24-21(27)25(22)16-10-3-2-4-11-16/h2-4,6,8,10-12,14-15,18,28H,5,7,9,13H2,1H3,(H,23,26)(H,24,27)/t15-,18-,22+/m1/s1. The Morgan fingerprint density at radius 2 is 1.79 bits per heavy atom. The lowest BCUT2D eigenvalue weighted by atomic mass is 9.85. The van der Waals surface area contributed by atoms with Gasteiger partial charge in [-0.15, -0.1) is 0 Å². The van der Waals surface area contributed by atoms with E-state index in [-0.39, 0.29) is 6.04 Å². The molecule has 0 aromatic heterocycles. The van der Waals surface area contributed by atoms with Crippen LogP contribution in [0.15, 0.2) is 54.6 Å². The Morgan fingerprint density at radius 3 is 2.54 bits per heavy atom. The van der Waals surface area contributed by atoms with Gasteiger partial charge in [-0.2, -0.15) is 0 Å². The third-order valence-electron chi connectivity index (χ3n) is 5.83. The first-order chi connectivity index (χ1) is 13.5. The maximum absolute atomic E-state index is 13.4. The summed E-state index contributed by atoms with van der Waals surface area (Å²) in [6.45, 7) is 2.12. The van der Waals surface area contributed by atoms with E-state index < -0.39 is 17.7 Å². The van der Waals surface area contributed by atoms with Gasteiger partial charge in [-0.05, 0) is 37.0 Å². The van der Waals surface area contributed by atoms with Gasteiger partial charge in [-0.25, -0.2) is 4.79 Å². The van der Waals surface area contributed by atoms with E-state index in [9.17, 15) is 14.7 Å². The van der Waals surface area contributed by atoms with Crippen molar-refractivity contribution in [3.63, 3.8) is 0 Å². The molecule has 0 bridgehead atoms. The van der Waals surface area contributed by atoms with Crippen molar-refractivity contribution in [2.75, 3.05) is 10.2 Å². The molecule has 2 aliphatic rings. The summed E-state index contributed by atoms with van der Waals surface area (Å²) in [5.41, 5.74) is -0.880. The number of carbonyl (C=O) groups excluding carboxylic acids is 2. The molecule has 28 heavy (non-hydrogen) atoms. The number of hydrogen-bond acceptors (Lipinski definition) is 3. The minimum Gasteiger partial charge on any atom is -0.359 e. The normalized spacial score (nSPS) is 26.9. The lowest BCUT2D eigenvalue weighted by Crippen LogP contribution is -2.64. The Labute approximate surface area is 164 Å². The summed E-state index contributed by atoms with van der Waals surface area (Å²) < 4.78 is 0. The monoisotopic (exact) mass is 379 g/mol. The summed E-state index contributed by atoms with van der Waals surface area (Å²) in [5, 5.41) is 17.6. The van der Waals surface area contributed by atoms with Crippen LogP contribution < -0.4 is 15.5 Å². The van der Waals surface area contributed by atoms with Crippen molar-refractivity contribution in [2.45, 2.75) is 44.4 Å². The predicted octanol–water partition coefficient (Wildman–Crippen LogP) is 3.58. The van der Waals surface area contributed by atoms with Crippen molar-refractivity contribution in [1.29, 1.82) is 0 Å². The molecule has 146 valence electrons. The molecule has 0 saturated heterocycles. The Balaban J connectivity index is 1.78. The van der Waals surface area contributed by atoms with E-state index in [0.717, 1.165) is 30.6 Å². The highest BCUT2D eigenvalue weighted by atomic mass is 16.3. The fraction of sp³-hybridized carbons (Fsp3) is 0.364. The number of nitrogens with one attached hydrogen (secondary N) is 2. The number of urea groups is 1. The van der Waals surface area contributed by atoms with Crippen LogP contribution in [0.2, 0.25) is 0 Å². The van der Waals surface area contributed by atoms with Crippen LogP contribution in [0.4, 0.5) is 16.2 Å². The van der Waals surface area contributed by atoms with Crippen LogP contribution in [0.5, 0.6) is 0 Å². The molecule has 0 spiro atoms. The summed E-state index contributed by atoms with van der Waals surface area (Å²) in [6.07, 6.45) is 4.12. The number of anilines is 2. The van der Waals surface area contributed by atoms with Crippen molar-refractivity contribution in [3.05, 3.63) is 60.2 Å². The average molecular weight is 379 g/mol. The first kappa shape index (κ1) is 18.5. The van der Waals surface area contributed by atoms with E-state index in [2.05, 4.69) is 17.6 Å². The van der Waals surface area contributed by atoms with E-state index in [0.29, 0.717) is 22.9 Å². The minimum atomic E-state index is -2.13. The van der Waals surface area contributed by atoms with Crippen LogP contribution in [-0.2, 0) is 10.5 Å². The van der Waals surface area contributed by atoms with Crippen LogP contribution in [-0.4, -0.2) is 23.1 Å². The second-order valence-corrected chi connectivity index (χ2v) is 7.66. The SMILES string of the molecule is C[C@@H]1CCCC[C@H]1NC(=O)[C@@]1(O)c2ccccc2NC(=O)N1c1ccccc1. The Kier molecular flexibility index (Phi) is 4.81. The lowest BCUT2D eigenvalue weighted by molar-refractivity contribution is -0.141. The molecule has 6 heteroatoms. The van der Waals surface area contributed by atoms with Crippen molar-refractivity contribution in [1.82, 2.24) is 5.32 Å². The second-order valence-electron chi connectivity index (χ2n) is 7.66. The molecule has 2 aromatic rings. The number of carbonyl (C=O) groups is 2. The molecular weight excluding hydrogens is 354 g/mol. The van der Waals surface area contributed by atoms with Gasteiger partial charge < -0.3 is 15.7 Å². The van der Waals surface area contributed by atoms with Gasteiger partial charge in [0.2, 0.25) is 0 Å². The molecule has 1 saturated carbocycles. The number of para-hydroxylation sites is 2. The average Bonchev–Trinajstić information content (AvgIpc) is 2.70. The number of benzene rings is 2. The minimum absolute atomic E-state index is 0.0138. The van der Waals surface area contributed by atoms with Gasteiger partial charge in [-0.3, -0.25) is 9.69 Å². The van der Waals surface area contributed by atoms with Crippen LogP contribution in [0, 0.1) is 5.92 Å². The maximum atomic E-state index is 13.4. The highest BCUT2D eigenvalue weighted by Crippen LogP contribution is 2.40. The summed E-state index contributed by atoms with van der Waals surface area (Å²) in [4.78, 5) is 27.5. The van der Waals surface area contributed by atoms with Crippen molar-refractivity contribution < 1.29 is 14.7 Å². The van der Waals surface area contributed by atoms with Gasteiger partial charge in [0.1, 0.15) is 0 Å². The molecule has 1 aliphatic heterocycles. The number of nitrogens with zero attached hydrogens (tertiary/aromatic N) is 1. The summed E-state index contributed by atoms with van der Waals surface area (Å²) in [5.74, 6) is -0.239. The molecule has 1 aliphatic carbocycles. The highest BCUT2D eigenvalue weighted by Gasteiger charge is 2.52. The molecule has 0 unspecified atom stereocenters. The Hall–Kier alpha value is -2.86. The quantitative estimate of drug-likeness (QED) is 0.762. The first-order valence-electron chi connectivity index (χ1n) is 9.81. The molecule has 4 rings (SSSR count). The van der Waals surface area contributed by atoms with Crippen LogP contribution >= 0.6 is 0 Å². The Morgan fingerprint density at radius 1 is 1.11 bits per heavy atom. The fourth-order valence-electron chi connectivity index (χ4n) is 4.24. The van der Waals surface area contributed by atoms with Crippen LogP contribution in [0.25, 0.3) is 0 Å².